The molecule has 0 amide bonds. The summed E-state index contributed by atoms with van der Waals surface area (Å²) in [5, 5.41) is 3.04. The minimum atomic E-state index is -0.609. The van der Waals surface area contributed by atoms with Crippen LogP contribution in [0.1, 0.15) is 30.5 Å². The quantitative estimate of drug-likeness (QED) is 0.788. The van der Waals surface area contributed by atoms with E-state index in [1.165, 1.54) is 0 Å². The third-order valence-corrected chi connectivity index (χ3v) is 3.37. The molecule has 2 aromatic carbocycles. The van der Waals surface area contributed by atoms with Gasteiger partial charge in [-0.1, -0.05) is 48.9 Å². The summed E-state index contributed by atoms with van der Waals surface area (Å²) in [4.78, 5) is 0. The molecule has 20 heavy (non-hydrogen) atoms. The first-order valence-corrected chi connectivity index (χ1v) is 6.94. The normalized spacial score (nSPS) is 12.4. The topological polar surface area (TPSA) is 12.0 Å². The van der Waals surface area contributed by atoms with Crippen molar-refractivity contribution in [1.29, 1.82) is 0 Å². The second-order valence-corrected chi connectivity index (χ2v) is 4.99. The lowest BCUT2D eigenvalue weighted by atomic mass is 9.98. The second kappa shape index (κ2) is 6.82. The van der Waals surface area contributed by atoms with E-state index in [1.54, 1.807) is 0 Å². The van der Waals surface area contributed by atoms with Crippen LogP contribution in [0.25, 0.3) is 0 Å². The number of hydrogen-bond acceptors (Lipinski definition) is 1. The molecule has 0 radical (unpaired) electrons. The van der Waals surface area contributed by atoms with Gasteiger partial charge in [0.25, 0.3) is 0 Å². The largest absolute Gasteiger partial charge is 0.306 e. The summed E-state index contributed by atoms with van der Waals surface area (Å²) >= 11 is 5.61. The van der Waals surface area contributed by atoms with Crippen LogP contribution in [0.2, 0.25) is 5.02 Å². The van der Waals surface area contributed by atoms with Crippen LogP contribution >= 0.6 is 11.6 Å². The van der Waals surface area contributed by atoms with E-state index in [9.17, 15) is 8.78 Å². The van der Waals surface area contributed by atoms with Crippen molar-refractivity contribution in [3.8, 4) is 0 Å². The van der Waals surface area contributed by atoms with Gasteiger partial charge >= 0.3 is 0 Å². The maximum absolute atomic E-state index is 14.1. The van der Waals surface area contributed by atoms with Crippen molar-refractivity contribution in [2.75, 3.05) is 6.54 Å². The smallest absolute Gasteiger partial charge is 0.142 e. The molecule has 1 atom stereocenters. The van der Waals surface area contributed by atoms with Gasteiger partial charge in [-0.25, -0.2) is 8.78 Å². The molecule has 2 rings (SSSR count). The number of rotatable bonds is 5. The highest BCUT2D eigenvalue weighted by atomic mass is 35.5. The molecule has 0 bridgehead atoms. The molecular weight excluding hydrogens is 280 g/mol. The highest BCUT2D eigenvalue weighted by molar-refractivity contribution is 6.30. The molecule has 0 saturated heterocycles. The fourth-order valence-corrected chi connectivity index (χ4v) is 2.25. The summed E-state index contributed by atoms with van der Waals surface area (Å²) < 4.78 is 27.7. The predicted octanol–water partition coefficient (Wildman–Crippen LogP) is 4.71. The van der Waals surface area contributed by atoms with Crippen molar-refractivity contribution in [3.63, 3.8) is 0 Å². The molecule has 0 aliphatic rings. The second-order valence-electron chi connectivity index (χ2n) is 4.59. The van der Waals surface area contributed by atoms with Crippen LogP contribution in [0.5, 0.6) is 0 Å². The van der Waals surface area contributed by atoms with Gasteiger partial charge in [0, 0.05) is 5.56 Å². The molecule has 0 aliphatic carbocycles. The van der Waals surface area contributed by atoms with Crippen LogP contribution in [-0.4, -0.2) is 6.54 Å². The maximum atomic E-state index is 14.1. The maximum Gasteiger partial charge on any atom is 0.142 e. The minimum absolute atomic E-state index is 0.200. The molecule has 0 heterocycles. The van der Waals surface area contributed by atoms with E-state index >= 15 is 0 Å². The molecule has 0 aliphatic heterocycles. The van der Waals surface area contributed by atoms with E-state index in [2.05, 4.69) is 5.32 Å². The Labute approximate surface area is 122 Å². The van der Waals surface area contributed by atoms with Gasteiger partial charge in [-0.2, -0.15) is 0 Å². The predicted molar refractivity (Wildman–Crippen MR) is 77.9 cm³/mol. The van der Waals surface area contributed by atoms with E-state index in [4.69, 9.17) is 11.6 Å². The monoisotopic (exact) mass is 295 g/mol. The van der Waals surface area contributed by atoms with Gasteiger partial charge in [-0.3, -0.25) is 0 Å². The first kappa shape index (κ1) is 14.9. The molecular formula is C16H16ClF2N. The van der Waals surface area contributed by atoms with E-state index < -0.39 is 11.6 Å². The average molecular weight is 296 g/mol. The van der Waals surface area contributed by atoms with Gasteiger partial charge in [0.05, 0.1) is 11.1 Å². The Morgan fingerprint density at radius 1 is 1.10 bits per heavy atom. The minimum Gasteiger partial charge on any atom is -0.306 e. The molecule has 106 valence electrons. The van der Waals surface area contributed by atoms with Gasteiger partial charge < -0.3 is 5.32 Å². The van der Waals surface area contributed by atoms with Gasteiger partial charge in [0.15, 0.2) is 0 Å². The summed E-state index contributed by atoms with van der Waals surface area (Å²) in [7, 11) is 0. The van der Waals surface area contributed by atoms with Gasteiger partial charge in [0.2, 0.25) is 0 Å². The van der Waals surface area contributed by atoms with E-state index in [1.807, 2.05) is 37.3 Å². The highest BCUT2D eigenvalue weighted by Gasteiger charge is 2.19. The molecule has 4 heteroatoms. The Hall–Kier alpha value is -1.45. The zero-order chi connectivity index (χ0) is 14.5. The van der Waals surface area contributed by atoms with Gasteiger partial charge in [-0.05, 0) is 30.7 Å². The van der Waals surface area contributed by atoms with Crippen LogP contribution in [0.15, 0.2) is 42.5 Å². The van der Waals surface area contributed by atoms with Crippen molar-refractivity contribution in [1.82, 2.24) is 5.32 Å². The van der Waals surface area contributed by atoms with Crippen molar-refractivity contribution < 1.29 is 8.78 Å². The molecule has 0 aromatic heterocycles. The summed E-state index contributed by atoms with van der Waals surface area (Å²) in [5.74, 6) is -1.11. The Morgan fingerprint density at radius 2 is 1.80 bits per heavy atom. The number of hydrogen-bond donors (Lipinski definition) is 1. The van der Waals surface area contributed by atoms with Crippen LogP contribution < -0.4 is 5.32 Å². The fraction of sp³-hybridized carbons (Fsp3) is 0.250. The van der Waals surface area contributed by atoms with Crippen LogP contribution in [0.4, 0.5) is 8.78 Å². The lowest BCUT2D eigenvalue weighted by molar-refractivity contribution is 0.535. The summed E-state index contributed by atoms with van der Waals surface area (Å²) in [6.45, 7) is 2.73. The third kappa shape index (κ3) is 3.35. The lowest BCUT2D eigenvalue weighted by Gasteiger charge is -2.20. The van der Waals surface area contributed by atoms with Crippen LogP contribution in [-0.2, 0) is 0 Å². The Morgan fingerprint density at radius 3 is 2.45 bits per heavy atom. The third-order valence-electron chi connectivity index (χ3n) is 3.08. The molecule has 0 fully saturated rings. The van der Waals surface area contributed by atoms with Gasteiger partial charge in [0.1, 0.15) is 11.6 Å². The number of nitrogens with one attached hydrogen (secondary N) is 1. The van der Waals surface area contributed by atoms with Gasteiger partial charge in [-0.15, -0.1) is 0 Å². The zero-order valence-electron chi connectivity index (χ0n) is 11.2. The van der Waals surface area contributed by atoms with Crippen LogP contribution in [0.3, 0.4) is 0 Å². The van der Waals surface area contributed by atoms with Crippen molar-refractivity contribution in [3.05, 3.63) is 70.2 Å². The molecule has 1 N–H and O–H groups in total. The molecule has 2 aromatic rings. The van der Waals surface area contributed by atoms with Crippen molar-refractivity contribution in [2.24, 2.45) is 0 Å². The standard InChI is InChI=1S/C16H16ClF2N/c1-2-8-20-16(11-6-4-3-5-7-11)12-9-15(19)13(17)10-14(12)18/h3-7,9-10,16,20H,2,8H2,1H3. The van der Waals surface area contributed by atoms with Crippen molar-refractivity contribution in [2.45, 2.75) is 19.4 Å². The number of benzene rings is 2. The van der Waals surface area contributed by atoms with E-state index in [0.29, 0.717) is 6.54 Å². The lowest BCUT2D eigenvalue weighted by Crippen LogP contribution is -2.24. The zero-order valence-corrected chi connectivity index (χ0v) is 11.9. The first-order chi connectivity index (χ1) is 9.63. The van der Waals surface area contributed by atoms with E-state index in [0.717, 1.165) is 24.1 Å². The van der Waals surface area contributed by atoms with E-state index in [-0.39, 0.29) is 16.6 Å². The number of halogens is 3. The molecule has 0 spiro atoms. The Kier molecular flexibility index (Phi) is 5.10. The molecule has 1 unspecified atom stereocenters. The molecule has 1 nitrogen and oxygen atoms in total. The summed E-state index contributed by atoms with van der Waals surface area (Å²) in [6, 6.07) is 11.2. The summed E-state index contributed by atoms with van der Waals surface area (Å²) in [5.41, 5.74) is 1.16. The Bertz CT molecular complexity index is 572. The first-order valence-electron chi connectivity index (χ1n) is 6.56. The fourth-order valence-electron chi connectivity index (χ4n) is 2.10. The average Bonchev–Trinajstić information content (AvgIpc) is 2.45. The Balaban J connectivity index is 2.44. The van der Waals surface area contributed by atoms with Crippen molar-refractivity contribution >= 4 is 11.6 Å². The van der Waals surface area contributed by atoms with Crippen LogP contribution in [0, 0.1) is 11.6 Å². The molecule has 0 saturated carbocycles. The highest BCUT2D eigenvalue weighted by Crippen LogP contribution is 2.28. The SMILES string of the molecule is CCCNC(c1ccccc1)c1cc(F)c(Cl)cc1F. The summed E-state index contributed by atoms with van der Waals surface area (Å²) in [6.07, 6.45) is 0.904.